The number of hydrogen-bond donors (Lipinski definition) is 1. The Labute approximate surface area is 127 Å². The predicted octanol–water partition coefficient (Wildman–Crippen LogP) is 1.57. The van der Waals surface area contributed by atoms with Crippen LogP contribution in [0, 0.1) is 0 Å². The van der Waals surface area contributed by atoms with Gasteiger partial charge in [-0.1, -0.05) is 20.8 Å². The van der Waals surface area contributed by atoms with Crippen LogP contribution in [0.15, 0.2) is 6.07 Å². The van der Waals surface area contributed by atoms with Crippen molar-refractivity contribution in [2.75, 3.05) is 19.6 Å². The summed E-state index contributed by atoms with van der Waals surface area (Å²) in [6, 6.07) is 2.28. The number of amides is 1. The predicted molar refractivity (Wildman–Crippen MR) is 82.5 cm³/mol. The number of hydrogen-bond acceptors (Lipinski definition) is 3. The second kappa shape index (κ2) is 6.14. The summed E-state index contributed by atoms with van der Waals surface area (Å²) in [7, 11) is 1.84. The molecule has 1 aromatic rings. The fourth-order valence-electron chi connectivity index (χ4n) is 2.31. The summed E-state index contributed by atoms with van der Waals surface area (Å²) >= 11 is 0. The molecule has 0 spiro atoms. The number of halogens is 1. The van der Waals surface area contributed by atoms with Gasteiger partial charge in [-0.25, -0.2) is 0 Å². The van der Waals surface area contributed by atoms with Gasteiger partial charge >= 0.3 is 0 Å². The average molecular weight is 301 g/mol. The minimum absolute atomic E-state index is 0. The molecule has 1 aliphatic rings. The van der Waals surface area contributed by atoms with Gasteiger partial charge in [0.05, 0.1) is 5.69 Å². The molecule has 1 fully saturated rings. The van der Waals surface area contributed by atoms with Gasteiger partial charge in [0.15, 0.2) is 0 Å². The SMILES string of the molecule is CC1CN(C(=O)c2cc(C(C)(C)C)nn2C)CCN1.Cl. The van der Waals surface area contributed by atoms with Crippen molar-refractivity contribution in [2.45, 2.75) is 39.2 Å². The highest BCUT2D eigenvalue weighted by Gasteiger charge is 2.26. The molecule has 0 saturated carbocycles. The van der Waals surface area contributed by atoms with Gasteiger partial charge in [0.25, 0.3) is 5.91 Å². The maximum absolute atomic E-state index is 12.5. The Kier molecular flexibility index (Phi) is 5.21. The molecule has 1 atom stereocenters. The smallest absolute Gasteiger partial charge is 0.272 e. The van der Waals surface area contributed by atoms with Crippen molar-refractivity contribution in [1.29, 1.82) is 0 Å². The summed E-state index contributed by atoms with van der Waals surface area (Å²) in [6.45, 7) is 10.8. The van der Waals surface area contributed by atoms with Gasteiger partial charge in [0, 0.05) is 38.1 Å². The first-order chi connectivity index (χ1) is 8.79. The molecule has 1 unspecified atom stereocenters. The van der Waals surface area contributed by atoms with Crippen LogP contribution in [0.2, 0.25) is 0 Å². The van der Waals surface area contributed by atoms with Crippen LogP contribution in [-0.2, 0) is 12.5 Å². The lowest BCUT2D eigenvalue weighted by atomic mass is 9.92. The van der Waals surface area contributed by atoms with E-state index >= 15 is 0 Å². The van der Waals surface area contributed by atoms with Gasteiger partial charge in [0.1, 0.15) is 5.69 Å². The Hall–Kier alpha value is -1.07. The molecule has 114 valence electrons. The fourth-order valence-corrected chi connectivity index (χ4v) is 2.31. The Balaban J connectivity index is 0.00000200. The lowest BCUT2D eigenvalue weighted by Crippen LogP contribution is -2.51. The molecule has 2 rings (SSSR count). The first kappa shape index (κ1) is 17.0. The molecule has 0 radical (unpaired) electrons. The highest BCUT2D eigenvalue weighted by molar-refractivity contribution is 5.92. The van der Waals surface area contributed by atoms with E-state index in [-0.39, 0.29) is 23.7 Å². The van der Waals surface area contributed by atoms with E-state index in [4.69, 9.17) is 0 Å². The van der Waals surface area contributed by atoms with Crippen LogP contribution in [-0.4, -0.2) is 46.3 Å². The number of piperazine rings is 1. The molecule has 5 nitrogen and oxygen atoms in total. The van der Waals surface area contributed by atoms with Gasteiger partial charge in [-0.05, 0) is 13.0 Å². The van der Waals surface area contributed by atoms with E-state index < -0.39 is 0 Å². The van der Waals surface area contributed by atoms with Crippen LogP contribution in [0.25, 0.3) is 0 Å². The standard InChI is InChI=1S/C14H24N4O.ClH/c1-10-9-18(7-6-15-10)13(19)11-8-12(14(2,3)4)16-17(11)5;/h8,10,15H,6-7,9H2,1-5H3;1H. The second-order valence-corrected chi connectivity index (χ2v) is 6.39. The largest absolute Gasteiger partial charge is 0.334 e. The van der Waals surface area contributed by atoms with Gasteiger partial charge in [-0.2, -0.15) is 5.10 Å². The summed E-state index contributed by atoms with van der Waals surface area (Å²) in [4.78, 5) is 14.5. The normalized spacial score (nSPS) is 19.6. The molecule has 1 amide bonds. The van der Waals surface area contributed by atoms with Crippen molar-refractivity contribution >= 4 is 18.3 Å². The molecular weight excluding hydrogens is 276 g/mol. The summed E-state index contributed by atoms with van der Waals surface area (Å²) in [5.41, 5.74) is 1.60. The van der Waals surface area contributed by atoms with Gasteiger partial charge in [0.2, 0.25) is 0 Å². The zero-order chi connectivity index (χ0) is 14.2. The van der Waals surface area contributed by atoms with Crippen molar-refractivity contribution in [2.24, 2.45) is 7.05 Å². The zero-order valence-electron chi connectivity index (χ0n) is 12.9. The number of aromatic nitrogens is 2. The van der Waals surface area contributed by atoms with Gasteiger partial charge in [-0.3, -0.25) is 9.48 Å². The molecule has 0 aromatic carbocycles. The summed E-state index contributed by atoms with van der Waals surface area (Å²) in [5.74, 6) is 0.0823. The van der Waals surface area contributed by atoms with Crippen molar-refractivity contribution < 1.29 is 4.79 Å². The molecule has 0 aliphatic carbocycles. The fraction of sp³-hybridized carbons (Fsp3) is 0.714. The Morgan fingerprint density at radius 2 is 2.10 bits per heavy atom. The number of carbonyl (C=O) groups excluding carboxylic acids is 1. The quantitative estimate of drug-likeness (QED) is 0.856. The van der Waals surface area contributed by atoms with E-state index in [9.17, 15) is 4.79 Å². The lowest BCUT2D eigenvalue weighted by Gasteiger charge is -2.31. The van der Waals surface area contributed by atoms with Crippen LogP contribution < -0.4 is 5.32 Å². The third kappa shape index (κ3) is 3.52. The van der Waals surface area contributed by atoms with E-state index in [1.165, 1.54) is 0 Å². The maximum atomic E-state index is 12.5. The summed E-state index contributed by atoms with van der Waals surface area (Å²) < 4.78 is 1.70. The molecule has 1 aromatic heterocycles. The third-order valence-corrected chi connectivity index (χ3v) is 3.52. The molecule has 20 heavy (non-hydrogen) atoms. The molecule has 1 N–H and O–H groups in total. The maximum Gasteiger partial charge on any atom is 0.272 e. The number of nitrogens with zero attached hydrogens (tertiary/aromatic N) is 3. The average Bonchev–Trinajstić information content (AvgIpc) is 2.70. The van der Waals surface area contributed by atoms with E-state index in [0.717, 1.165) is 25.3 Å². The van der Waals surface area contributed by atoms with Gasteiger partial charge < -0.3 is 10.2 Å². The van der Waals surface area contributed by atoms with Crippen molar-refractivity contribution in [3.63, 3.8) is 0 Å². The highest BCUT2D eigenvalue weighted by atomic mass is 35.5. The van der Waals surface area contributed by atoms with E-state index in [1.54, 1.807) is 4.68 Å². The van der Waals surface area contributed by atoms with Crippen LogP contribution in [0.3, 0.4) is 0 Å². The number of aryl methyl sites for hydroxylation is 1. The Bertz CT molecular complexity index is 478. The molecule has 6 heteroatoms. The first-order valence-electron chi connectivity index (χ1n) is 6.86. The van der Waals surface area contributed by atoms with E-state index in [1.807, 2.05) is 18.0 Å². The number of rotatable bonds is 1. The number of nitrogens with one attached hydrogen (secondary N) is 1. The highest BCUT2D eigenvalue weighted by Crippen LogP contribution is 2.22. The zero-order valence-corrected chi connectivity index (χ0v) is 13.8. The molecule has 2 heterocycles. The third-order valence-electron chi connectivity index (χ3n) is 3.52. The van der Waals surface area contributed by atoms with E-state index in [0.29, 0.717) is 11.7 Å². The topological polar surface area (TPSA) is 50.2 Å². The molecule has 1 aliphatic heterocycles. The summed E-state index contributed by atoms with van der Waals surface area (Å²) in [5, 5.41) is 7.82. The molecule has 1 saturated heterocycles. The van der Waals surface area contributed by atoms with Crippen LogP contribution in [0.4, 0.5) is 0 Å². The monoisotopic (exact) mass is 300 g/mol. The minimum atomic E-state index is -0.0347. The Morgan fingerprint density at radius 1 is 1.45 bits per heavy atom. The second-order valence-electron chi connectivity index (χ2n) is 6.39. The Morgan fingerprint density at radius 3 is 2.60 bits per heavy atom. The van der Waals surface area contributed by atoms with Gasteiger partial charge in [-0.15, -0.1) is 12.4 Å². The summed E-state index contributed by atoms with van der Waals surface area (Å²) in [6.07, 6.45) is 0. The van der Waals surface area contributed by atoms with Crippen molar-refractivity contribution in [1.82, 2.24) is 20.0 Å². The number of carbonyl (C=O) groups is 1. The van der Waals surface area contributed by atoms with Crippen molar-refractivity contribution in [3.05, 3.63) is 17.5 Å². The first-order valence-corrected chi connectivity index (χ1v) is 6.86. The van der Waals surface area contributed by atoms with Crippen LogP contribution in [0.1, 0.15) is 43.9 Å². The van der Waals surface area contributed by atoms with E-state index in [2.05, 4.69) is 38.1 Å². The van der Waals surface area contributed by atoms with Crippen molar-refractivity contribution in [3.8, 4) is 0 Å². The molecule has 0 bridgehead atoms. The van der Waals surface area contributed by atoms with Crippen LogP contribution >= 0.6 is 12.4 Å². The molecular formula is C14H25ClN4O. The lowest BCUT2D eigenvalue weighted by molar-refractivity contribution is 0.0698. The minimum Gasteiger partial charge on any atom is -0.334 e. The van der Waals surface area contributed by atoms with Crippen LogP contribution in [0.5, 0.6) is 0 Å².